The first-order valence-corrected chi connectivity index (χ1v) is 6.50. The lowest BCUT2D eigenvalue weighted by molar-refractivity contribution is 0.573. The van der Waals surface area contributed by atoms with Crippen LogP contribution in [0.3, 0.4) is 0 Å². The predicted octanol–water partition coefficient (Wildman–Crippen LogP) is 2.82. The summed E-state index contributed by atoms with van der Waals surface area (Å²) in [5.74, 6) is 0. The van der Waals surface area contributed by atoms with Crippen LogP contribution in [0.4, 0.5) is 0 Å². The minimum Gasteiger partial charge on any atom is -0.306 e. The highest BCUT2D eigenvalue weighted by Gasteiger charge is 2.07. The summed E-state index contributed by atoms with van der Waals surface area (Å²) in [5, 5.41) is 12.1. The van der Waals surface area contributed by atoms with Crippen molar-refractivity contribution in [2.75, 3.05) is 0 Å². The van der Waals surface area contributed by atoms with Gasteiger partial charge in [0.05, 0.1) is 6.20 Å². The lowest BCUT2D eigenvalue weighted by Crippen LogP contribution is -2.17. The highest BCUT2D eigenvalue weighted by molar-refractivity contribution is 7.07. The van der Waals surface area contributed by atoms with Crippen LogP contribution in [0.25, 0.3) is 0 Å². The van der Waals surface area contributed by atoms with Crippen LogP contribution >= 0.6 is 11.3 Å². The standard InChI is InChI=1S/C12H17N3S/c1-3-15-8-12(7-14-15)10(2)13-6-11-4-5-16-9-11/h4-5,7-10,13H,3,6H2,1-2H3. The first-order chi connectivity index (χ1) is 7.79. The van der Waals surface area contributed by atoms with Gasteiger partial charge in [-0.15, -0.1) is 0 Å². The molecule has 0 aliphatic heterocycles. The van der Waals surface area contributed by atoms with Crippen LogP contribution in [-0.2, 0) is 13.1 Å². The van der Waals surface area contributed by atoms with Crippen molar-refractivity contribution in [2.45, 2.75) is 33.0 Å². The van der Waals surface area contributed by atoms with Crippen LogP contribution in [0.1, 0.15) is 31.0 Å². The topological polar surface area (TPSA) is 29.9 Å². The monoisotopic (exact) mass is 235 g/mol. The van der Waals surface area contributed by atoms with E-state index in [0.29, 0.717) is 6.04 Å². The molecule has 1 N–H and O–H groups in total. The van der Waals surface area contributed by atoms with Crippen LogP contribution in [0, 0.1) is 0 Å². The molecule has 1 unspecified atom stereocenters. The molecular weight excluding hydrogens is 218 g/mol. The van der Waals surface area contributed by atoms with Crippen molar-refractivity contribution in [1.29, 1.82) is 0 Å². The zero-order valence-corrected chi connectivity index (χ0v) is 10.5. The summed E-state index contributed by atoms with van der Waals surface area (Å²) in [5.41, 5.74) is 2.59. The molecule has 0 fully saturated rings. The molecule has 4 heteroatoms. The first kappa shape index (κ1) is 11.4. The quantitative estimate of drug-likeness (QED) is 0.863. The molecule has 86 valence electrons. The third-order valence-electron chi connectivity index (χ3n) is 2.67. The molecular formula is C12H17N3S. The zero-order chi connectivity index (χ0) is 11.4. The second kappa shape index (κ2) is 5.27. The Morgan fingerprint density at radius 1 is 1.56 bits per heavy atom. The van der Waals surface area contributed by atoms with Crippen LogP contribution in [0.2, 0.25) is 0 Å². The van der Waals surface area contributed by atoms with Gasteiger partial charge in [0, 0.05) is 30.9 Å². The molecule has 1 atom stereocenters. The van der Waals surface area contributed by atoms with Gasteiger partial charge in [0.15, 0.2) is 0 Å². The van der Waals surface area contributed by atoms with Gasteiger partial charge < -0.3 is 5.32 Å². The van der Waals surface area contributed by atoms with E-state index in [1.165, 1.54) is 11.1 Å². The van der Waals surface area contributed by atoms with E-state index in [9.17, 15) is 0 Å². The van der Waals surface area contributed by atoms with Gasteiger partial charge in [-0.05, 0) is 36.2 Å². The second-order valence-electron chi connectivity index (χ2n) is 3.86. The van der Waals surface area contributed by atoms with E-state index in [4.69, 9.17) is 0 Å². The molecule has 0 radical (unpaired) electrons. The van der Waals surface area contributed by atoms with E-state index in [2.05, 4.69) is 47.3 Å². The van der Waals surface area contributed by atoms with E-state index in [1.807, 2.05) is 10.9 Å². The van der Waals surface area contributed by atoms with Crippen molar-refractivity contribution in [3.05, 3.63) is 40.3 Å². The largest absolute Gasteiger partial charge is 0.306 e. The molecule has 16 heavy (non-hydrogen) atoms. The minimum atomic E-state index is 0.347. The van der Waals surface area contributed by atoms with Gasteiger partial charge in [0.1, 0.15) is 0 Å². The van der Waals surface area contributed by atoms with Gasteiger partial charge >= 0.3 is 0 Å². The highest BCUT2D eigenvalue weighted by atomic mass is 32.1. The number of nitrogens with one attached hydrogen (secondary N) is 1. The molecule has 0 amide bonds. The number of aryl methyl sites for hydroxylation is 1. The number of thiophene rings is 1. The van der Waals surface area contributed by atoms with E-state index in [-0.39, 0.29) is 0 Å². The van der Waals surface area contributed by atoms with Crippen LogP contribution < -0.4 is 5.32 Å². The zero-order valence-electron chi connectivity index (χ0n) is 9.68. The lowest BCUT2D eigenvalue weighted by atomic mass is 10.2. The molecule has 0 saturated heterocycles. The highest BCUT2D eigenvalue weighted by Crippen LogP contribution is 2.13. The summed E-state index contributed by atoms with van der Waals surface area (Å²) < 4.78 is 1.96. The Bertz CT molecular complexity index is 419. The number of nitrogens with zero attached hydrogens (tertiary/aromatic N) is 2. The molecule has 0 aliphatic carbocycles. The van der Waals surface area contributed by atoms with Crippen molar-refractivity contribution in [1.82, 2.24) is 15.1 Å². The molecule has 0 bridgehead atoms. The maximum atomic E-state index is 4.28. The smallest absolute Gasteiger partial charge is 0.0537 e. The fourth-order valence-corrected chi connectivity index (χ4v) is 2.23. The minimum absolute atomic E-state index is 0.347. The van der Waals surface area contributed by atoms with Crippen molar-refractivity contribution in [2.24, 2.45) is 0 Å². The fourth-order valence-electron chi connectivity index (χ4n) is 1.56. The molecule has 0 spiro atoms. The Morgan fingerprint density at radius 2 is 2.44 bits per heavy atom. The Morgan fingerprint density at radius 3 is 3.06 bits per heavy atom. The van der Waals surface area contributed by atoms with Crippen LogP contribution in [-0.4, -0.2) is 9.78 Å². The van der Waals surface area contributed by atoms with E-state index in [1.54, 1.807) is 11.3 Å². The van der Waals surface area contributed by atoms with Gasteiger partial charge in [0.25, 0.3) is 0 Å². The Hall–Kier alpha value is -1.13. The molecule has 2 heterocycles. The summed E-state index contributed by atoms with van der Waals surface area (Å²) in [7, 11) is 0. The summed E-state index contributed by atoms with van der Waals surface area (Å²) >= 11 is 1.74. The van der Waals surface area contributed by atoms with Crippen molar-refractivity contribution >= 4 is 11.3 Å². The summed E-state index contributed by atoms with van der Waals surface area (Å²) in [4.78, 5) is 0. The molecule has 0 saturated carbocycles. The summed E-state index contributed by atoms with van der Waals surface area (Å²) in [6, 6.07) is 2.50. The van der Waals surface area contributed by atoms with Gasteiger partial charge in [-0.25, -0.2) is 0 Å². The van der Waals surface area contributed by atoms with Crippen molar-refractivity contribution < 1.29 is 0 Å². The fraction of sp³-hybridized carbons (Fsp3) is 0.417. The Kier molecular flexibility index (Phi) is 3.74. The lowest BCUT2D eigenvalue weighted by Gasteiger charge is -2.10. The van der Waals surface area contributed by atoms with Gasteiger partial charge in [-0.3, -0.25) is 4.68 Å². The average Bonchev–Trinajstić information content (AvgIpc) is 2.96. The predicted molar refractivity (Wildman–Crippen MR) is 67.5 cm³/mol. The molecule has 2 aromatic heterocycles. The molecule has 2 rings (SSSR count). The second-order valence-corrected chi connectivity index (χ2v) is 4.64. The molecule has 3 nitrogen and oxygen atoms in total. The van der Waals surface area contributed by atoms with Gasteiger partial charge in [0.2, 0.25) is 0 Å². The summed E-state index contributed by atoms with van der Waals surface area (Å²) in [6.45, 7) is 6.11. The number of hydrogen-bond acceptors (Lipinski definition) is 3. The third kappa shape index (κ3) is 2.71. The van der Waals surface area contributed by atoms with Crippen LogP contribution in [0.5, 0.6) is 0 Å². The van der Waals surface area contributed by atoms with Crippen LogP contribution in [0.15, 0.2) is 29.2 Å². The Labute approximate surface area is 100 Å². The Balaban J connectivity index is 1.90. The van der Waals surface area contributed by atoms with Crippen molar-refractivity contribution in [3.63, 3.8) is 0 Å². The number of aromatic nitrogens is 2. The van der Waals surface area contributed by atoms with Crippen molar-refractivity contribution in [3.8, 4) is 0 Å². The molecule has 0 aromatic carbocycles. The van der Waals surface area contributed by atoms with E-state index >= 15 is 0 Å². The number of hydrogen-bond donors (Lipinski definition) is 1. The number of rotatable bonds is 5. The van der Waals surface area contributed by atoms with E-state index < -0.39 is 0 Å². The molecule has 2 aromatic rings. The maximum absolute atomic E-state index is 4.28. The van der Waals surface area contributed by atoms with Gasteiger partial charge in [-0.2, -0.15) is 16.4 Å². The van der Waals surface area contributed by atoms with Gasteiger partial charge in [-0.1, -0.05) is 0 Å². The third-order valence-corrected chi connectivity index (χ3v) is 3.40. The van der Waals surface area contributed by atoms with E-state index in [0.717, 1.165) is 13.1 Å². The normalized spacial score (nSPS) is 12.9. The first-order valence-electron chi connectivity index (χ1n) is 5.56. The SMILES string of the molecule is CCn1cc(C(C)NCc2ccsc2)cn1. The maximum Gasteiger partial charge on any atom is 0.0537 e. The average molecular weight is 235 g/mol. The molecule has 0 aliphatic rings. The summed E-state index contributed by atoms with van der Waals surface area (Å²) in [6.07, 6.45) is 4.04.